The van der Waals surface area contributed by atoms with Gasteiger partial charge in [0, 0.05) is 6.42 Å². The minimum absolute atomic E-state index is 0.149. The number of anilines is 1. The molecule has 7 rings (SSSR count). The van der Waals surface area contributed by atoms with Gasteiger partial charge in [-0.2, -0.15) is 0 Å². The lowest BCUT2D eigenvalue weighted by Crippen LogP contribution is -2.51. The van der Waals surface area contributed by atoms with Gasteiger partial charge in [-0.25, -0.2) is 15.0 Å². The lowest BCUT2D eigenvalue weighted by molar-refractivity contribution is -0.161. The summed E-state index contributed by atoms with van der Waals surface area (Å²) in [5.74, 6) is 4.77. The number of carbonyl (C=O) groups is 1. The molecule has 9 nitrogen and oxygen atoms in total. The fourth-order valence-electron chi connectivity index (χ4n) is 11.4. The summed E-state index contributed by atoms with van der Waals surface area (Å²) in [6, 6.07) is 0. The van der Waals surface area contributed by atoms with E-state index in [2.05, 4.69) is 55.6 Å². The number of nitrogens with zero attached hydrogens (tertiary/aromatic N) is 4. The maximum absolute atomic E-state index is 13.8. The van der Waals surface area contributed by atoms with Gasteiger partial charge in [-0.15, -0.1) is 0 Å². The van der Waals surface area contributed by atoms with Crippen LogP contribution in [0, 0.1) is 52.3 Å². The average Bonchev–Trinajstić information content (AvgIpc) is 3.75. The highest BCUT2D eigenvalue weighted by atomic mass is 16.6. The predicted octanol–water partition coefficient (Wildman–Crippen LogP) is 7.26. The molecule has 11 atom stereocenters. The molecule has 9 heteroatoms. The van der Waals surface area contributed by atoms with Crippen LogP contribution in [-0.2, 0) is 14.3 Å². The summed E-state index contributed by atoms with van der Waals surface area (Å²) in [5, 5.41) is 9.91. The molecule has 47 heavy (non-hydrogen) atoms. The number of allylic oxidation sites excluding steroid dienone is 2. The Bertz CT molecular complexity index is 1490. The Morgan fingerprint density at radius 1 is 1.11 bits per heavy atom. The second-order valence-corrected chi connectivity index (χ2v) is 16.9. The van der Waals surface area contributed by atoms with E-state index in [-0.39, 0.29) is 29.7 Å². The lowest BCUT2D eigenvalue weighted by atomic mass is 9.46. The normalized spacial score (nSPS) is 38.9. The highest BCUT2D eigenvalue weighted by molar-refractivity contribution is 5.81. The van der Waals surface area contributed by atoms with Gasteiger partial charge >= 0.3 is 5.97 Å². The Kier molecular flexibility index (Phi) is 8.94. The summed E-state index contributed by atoms with van der Waals surface area (Å²) in [7, 11) is 0. The van der Waals surface area contributed by atoms with E-state index in [1.807, 2.05) is 0 Å². The summed E-state index contributed by atoms with van der Waals surface area (Å²) in [4.78, 5) is 26.6. The number of carbonyl (C=O) groups excluding carboxylic acids is 1. The van der Waals surface area contributed by atoms with Gasteiger partial charge in [0.15, 0.2) is 17.7 Å². The van der Waals surface area contributed by atoms with Crippen molar-refractivity contribution in [3.05, 3.63) is 24.3 Å². The Morgan fingerprint density at radius 3 is 2.72 bits per heavy atom. The van der Waals surface area contributed by atoms with Gasteiger partial charge in [0.2, 0.25) is 0 Å². The third kappa shape index (κ3) is 5.71. The van der Waals surface area contributed by atoms with Crippen molar-refractivity contribution in [2.45, 2.75) is 130 Å². The molecule has 2 aromatic heterocycles. The topological polar surface area (TPSA) is 125 Å². The molecule has 1 aliphatic heterocycles. The van der Waals surface area contributed by atoms with Crippen LogP contribution in [0.15, 0.2) is 24.3 Å². The first-order valence-electron chi connectivity index (χ1n) is 18.6. The number of ether oxygens (including phenoxy) is 2. The van der Waals surface area contributed by atoms with Crippen LogP contribution in [0.2, 0.25) is 0 Å². The van der Waals surface area contributed by atoms with Crippen molar-refractivity contribution < 1.29 is 19.4 Å². The minimum atomic E-state index is -0.636. The van der Waals surface area contributed by atoms with Crippen molar-refractivity contribution in [2.75, 3.05) is 12.3 Å². The van der Waals surface area contributed by atoms with Crippen molar-refractivity contribution in [2.24, 2.45) is 52.3 Å². The third-order valence-corrected chi connectivity index (χ3v) is 13.9. The number of aliphatic hydroxyl groups excluding tert-OH is 1. The zero-order chi connectivity index (χ0) is 33.1. The van der Waals surface area contributed by atoms with Crippen LogP contribution in [0.4, 0.5) is 5.82 Å². The molecule has 258 valence electrons. The first-order chi connectivity index (χ1) is 22.5. The van der Waals surface area contributed by atoms with E-state index in [1.165, 1.54) is 63.3 Å². The summed E-state index contributed by atoms with van der Waals surface area (Å²) in [6.45, 7) is 12.3. The van der Waals surface area contributed by atoms with Gasteiger partial charge in [-0.3, -0.25) is 9.36 Å². The molecule has 5 aliphatic rings. The maximum atomic E-state index is 13.8. The van der Waals surface area contributed by atoms with Gasteiger partial charge in [0.05, 0.1) is 25.0 Å². The summed E-state index contributed by atoms with van der Waals surface area (Å²) in [6.07, 6.45) is 17.8. The molecule has 3 saturated carbocycles. The SMILES string of the molecule is CC(C)CCC[C@@H](C)[C@H]1CCC2C3CC=C4CC(C(=O)O[C@@H]5C[C@@H](CO)O[C@H]5n5cnc6c(N)ncnc65)CC[C@]4(C)C3CC[C@@]21C. The number of rotatable bonds is 9. The molecular formula is C38H57N5O4. The van der Waals surface area contributed by atoms with E-state index in [0.717, 1.165) is 54.8 Å². The van der Waals surface area contributed by atoms with Crippen LogP contribution in [0.5, 0.6) is 0 Å². The van der Waals surface area contributed by atoms with Crippen molar-refractivity contribution in [1.29, 1.82) is 0 Å². The van der Waals surface area contributed by atoms with E-state index in [0.29, 0.717) is 23.0 Å². The van der Waals surface area contributed by atoms with E-state index in [9.17, 15) is 9.90 Å². The standard InChI is InChI=1S/C38H57N5O4/c1-22(2)7-6-8-23(3)28-11-12-29-27-10-9-25-17-24(13-15-37(25,4)30(27)14-16-38(28,29)5)36(45)47-31-18-26(19-44)46-35(31)43-21-42-32-33(39)40-20-41-34(32)43/h9,20-24,26-31,35,44H,6-8,10-19H2,1-5H3,(H2,39,40,41)/t23-,24?,26+,27?,28-,29?,30?,31-,35-,37+,38-/m1/s1. The first kappa shape index (κ1) is 33.0. The summed E-state index contributed by atoms with van der Waals surface area (Å²) >= 11 is 0. The first-order valence-corrected chi connectivity index (χ1v) is 18.6. The molecule has 0 bridgehead atoms. The van der Waals surface area contributed by atoms with Crippen molar-refractivity contribution in [1.82, 2.24) is 19.5 Å². The molecular weight excluding hydrogens is 590 g/mol. The number of hydrogen-bond donors (Lipinski definition) is 2. The van der Waals surface area contributed by atoms with Crippen molar-refractivity contribution in [3.8, 4) is 0 Å². The highest BCUT2D eigenvalue weighted by Gasteiger charge is 2.59. The Morgan fingerprint density at radius 2 is 1.94 bits per heavy atom. The molecule has 2 aromatic rings. The number of aromatic nitrogens is 4. The average molecular weight is 648 g/mol. The molecule has 4 fully saturated rings. The van der Waals surface area contributed by atoms with Gasteiger partial charge < -0.3 is 20.3 Å². The van der Waals surface area contributed by atoms with E-state index in [1.54, 1.807) is 10.9 Å². The second kappa shape index (κ2) is 12.7. The molecule has 0 amide bonds. The number of nitrogens with two attached hydrogens (primary N) is 1. The summed E-state index contributed by atoms with van der Waals surface area (Å²) in [5.41, 5.74) is 9.17. The zero-order valence-corrected chi connectivity index (χ0v) is 29.2. The number of nitrogen functional groups attached to an aromatic ring is 1. The predicted molar refractivity (Wildman–Crippen MR) is 182 cm³/mol. The fraction of sp³-hybridized carbons (Fsp3) is 0.789. The Labute approximate surface area is 280 Å². The zero-order valence-electron chi connectivity index (χ0n) is 29.2. The lowest BCUT2D eigenvalue weighted by Gasteiger charge is -2.58. The molecule has 0 spiro atoms. The highest BCUT2D eigenvalue weighted by Crippen LogP contribution is 2.67. The maximum Gasteiger partial charge on any atom is 0.309 e. The molecule has 3 N–H and O–H groups in total. The third-order valence-electron chi connectivity index (χ3n) is 13.9. The van der Waals surface area contributed by atoms with Crippen LogP contribution in [0.1, 0.15) is 118 Å². The van der Waals surface area contributed by atoms with Gasteiger partial charge in [-0.1, -0.05) is 65.5 Å². The minimum Gasteiger partial charge on any atom is -0.457 e. The number of imidazole rings is 1. The van der Waals surface area contributed by atoms with E-state index >= 15 is 0 Å². The number of aliphatic hydroxyl groups is 1. The van der Waals surface area contributed by atoms with Crippen molar-refractivity contribution in [3.63, 3.8) is 0 Å². The van der Waals surface area contributed by atoms with Gasteiger partial charge in [0.25, 0.3) is 0 Å². The van der Waals surface area contributed by atoms with Crippen molar-refractivity contribution >= 4 is 23.0 Å². The van der Waals surface area contributed by atoms with E-state index < -0.39 is 18.4 Å². The quantitative estimate of drug-likeness (QED) is 0.215. The molecule has 4 aliphatic carbocycles. The van der Waals surface area contributed by atoms with Gasteiger partial charge in [-0.05, 0) is 97.7 Å². The summed E-state index contributed by atoms with van der Waals surface area (Å²) < 4.78 is 14.1. The van der Waals surface area contributed by atoms with Crippen LogP contribution in [0.25, 0.3) is 11.2 Å². The van der Waals surface area contributed by atoms with E-state index in [4.69, 9.17) is 15.2 Å². The number of hydrogen-bond acceptors (Lipinski definition) is 8. The number of fused-ring (bicyclic) bond motifs is 6. The van der Waals surface area contributed by atoms with Crippen LogP contribution in [-0.4, -0.2) is 49.4 Å². The molecule has 1 saturated heterocycles. The van der Waals surface area contributed by atoms with Gasteiger partial charge in [0.1, 0.15) is 17.9 Å². The van der Waals surface area contributed by atoms with Crippen LogP contribution < -0.4 is 5.73 Å². The monoisotopic (exact) mass is 647 g/mol. The second-order valence-electron chi connectivity index (χ2n) is 16.9. The Balaban J connectivity index is 1.03. The largest absolute Gasteiger partial charge is 0.457 e. The molecule has 3 heterocycles. The molecule has 4 unspecified atom stereocenters. The van der Waals surface area contributed by atoms with Crippen LogP contribution >= 0.6 is 0 Å². The molecule has 0 radical (unpaired) electrons. The number of esters is 1. The fourth-order valence-corrected chi connectivity index (χ4v) is 11.4. The molecule has 0 aromatic carbocycles. The Hall–Kier alpha value is -2.52. The van der Waals surface area contributed by atoms with Crippen LogP contribution in [0.3, 0.4) is 0 Å². The smallest absolute Gasteiger partial charge is 0.309 e.